The van der Waals surface area contributed by atoms with Gasteiger partial charge in [0.1, 0.15) is 5.75 Å². The van der Waals surface area contributed by atoms with Crippen LogP contribution in [0.25, 0.3) is 0 Å². The second-order valence-corrected chi connectivity index (χ2v) is 5.15. The first kappa shape index (κ1) is 13.3. The molecule has 2 unspecified atom stereocenters. The van der Waals surface area contributed by atoms with Crippen molar-refractivity contribution in [1.82, 2.24) is 4.98 Å². The van der Waals surface area contributed by atoms with E-state index in [0.29, 0.717) is 6.42 Å². The largest absolute Gasteiger partial charge is 0.496 e. The minimum absolute atomic E-state index is 0.271. The number of aromatic nitrogens is 1. The van der Waals surface area contributed by atoms with Gasteiger partial charge in [0.2, 0.25) is 0 Å². The van der Waals surface area contributed by atoms with E-state index in [9.17, 15) is 10.2 Å². The molecule has 2 atom stereocenters. The lowest BCUT2D eigenvalue weighted by Crippen LogP contribution is -2.30. The lowest BCUT2D eigenvalue weighted by Gasteiger charge is -2.19. The highest BCUT2D eigenvalue weighted by Gasteiger charge is 2.34. The van der Waals surface area contributed by atoms with Crippen molar-refractivity contribution in [3.8, 4) is 5.75 Å². The van der Waals surface area contributed by atoms with Gasteiger partial charge in [-0.1, -0.05) is 0 Å². The first-order valence-electron chi connectivity index (χ1n) is 6.39. The summed E-state index contributed by atoms with van der Waals surface area (Å²) >= 11 is 0. The van der Waals surface area contributed by atoms with Crippen LogP contribution in [0.5, 0.6) is 5.75 Å². The Bertz CT molecular complexity index is 429. The Balaban J connectivity index is 2.13. The molecule has 0 bridgehead atoms. The standard InChI is InChI=1S/C14H21NO3/c1-8-7-15-11(9(2)14(8)18-3)6-12(16)13(17)10-4-5-10/h7,10,12-13,16-17H,4-6H2,1-3H3. The minimum atomic E-state index is -0.740. The van der Waals surface area contributed by atoms with E-state index >= 15 is 0 Å². The van der Waals surface area contributed by atoms with E-state index in [2.05, 4.69) is 4.98 Å². The molecule has 0 radical (unpaired) electrons. The Labute approximate surface area is 108 Å². The van der Waals surface area contributed by atoms with E-state index in [1.165, 1.54) is 0 Å². The second kappa shape index (κ2) is 5.24. The zero-order valence-corrected chi connectivity index (χ0v) is 11.2. The van der Waals surface area contributed by atoms with Gasteiger partial charge in [-0.05, 0) is 32.6 Å². The van der Waals surface area contributed by atoms with Gasteiger partial charge in [0.05, 0.1) is 19.3 Å². The fourth-order valence-corrected chi connectivity index (χ4v) is 2.35. The summed E-state index contributed by atoms with van der Waals surface area (Å²) in [6, 6.07) is 0. The van der Waals surface area contributed by atoms with Crippen LogP contribution >= 0.6 is 0 Å². The smallest absolute Gasteiger partial charge is 0.128 e. The zero-order valence-electron chi connectivity index (χ0n) is 11.2. The van der Waals surface area contributed by atoms with Crippen molar-refractivity contribution in [1.29, 1.82) is 0 Å². The number of ether oxygens (including phenoxy) is 1. The van der Waals surface area contributed by atoms with Crippen LogP contribution < -0.4 is 4.74 Å². The van der Waals surface area contributed by atoms with Crippen LogP contribution in [0, 0.1) is 19.8 Å². The highest BCUT2D eigenvalue weighted by atomic mass is 16.5. The summed E-state index contributed by atoms with van der Waals surface area (Å²) in [6.45, 7) is 3.88. The number of pyridine rings is 1. The Kier molecular flexibility index (Phi) is 3.88. The normalized spacial score (nSPS) is 18.5. The predicted molar refractivity (Wildman–Crippen MR) is 68.7 cm³/mol. The molecule has 1 saturated carbocycles. The third-order valence-electron chi connectivity index (χ3n) is 3.65. The van der Waals surface area contributed by atoms with E-state index in [4.69, 9.17) is 4.74 Å². The number of aryl methyl sites for hydroxylation is 1. The third kappa shape index (κ3) is 2.65. The molecule has 0 aliphatic heterocycles. The summed E-state index contributed by atoms with van der Waals surface area (Å²) in [5.41, 5.74) is 2.72. The van der Waals surface area contributed by atoms with Gasteiger partial charge in [-0.25, -0.2) is 0 Å². The molecule has 0 spiro atoms. The molecule has 2 N–H and O–H groups in total. The van der Waals surface area contributed by atoms with Crippen LogP contribution in [0.1, 0.15) is 29.7 Å². The van der Waals surface area contributed by atoms with Gasteiger partial charge in [0, 0.05) is 29.4 Å². The van der Waals surface area contributed by atoms with Crippen LogP contribution in [-0.2, 0) is 6.42 Å². The van der Waals surface area contributed by atoms with Crippen LogP contribution in [0.15, 0.2) is 6.20 Å². The monoisotopic (exact) mass is 251 g/mol. The number of aliphatic hydroxyl groups excluding tert-OH is 2. The van der Waals surface area contributed by atoms with E-state index in [0.717, 1.165) is 35.4 Å². The summed E-state index contributed by atoms with van der Waals surface area (Å²) in [5.74, 6) is 1.08. The summed E-state index contributed by atoms with van der Waals surface area (Å²) < 4.78 is 5.33. The first-order chi connectivity index (χ1) is 8.54. The summed E-state index contributed by atoms with van der Waals surface area (Å²) in [5, 5.41) is 19.9. The number of methoxy groups -OCH3 is 1. The molecule has 0 aromatic carbocycles. The van der Waals surface area contributed by atoms with Crippen molar-refractivity contribution in [2.24, 2.45) is 5.92 Å². The fraction of sp³-hybridized carbons (Fsp3) is 0.643. The van der Waals surface area contributed by atoms with Gasteiger partial charge in [-0.15, -0.1) is 0 Å². The van der Waals surface area contributed by atoms with E-state index in [-0.39, 0.29) is 5.92 Å². The average molecular weight is 251 g/mol. The third-order valence-corrected chi connectivity index (χ3v) is 3.65. The molecule has 1 fully saturated rings. The lowest BCUT2D eigenvalue weighted by molar-refractivity contribution is 0.00611. The van der Waals surface area contributed by atoms with Gasteiger partial charge in [-0.3, -0.25) is 4.98 Å². The summed E-state index contributed by atoms with van der Waals surface area (Å²) in [4.78, 5) is 4.34. The van der Waals surface area contributed by atoms with Gasteiger partial charge in [0.25, 0.3) is 0 Å². The van der Waals surface area contributed by atoms with Gasteiger partial charge in [0.15, 0.2) is 0 Å². The van der Waals surface area contributed by atoms with Gasteiger partial charge >= 0.3 is 0 Å². The molecule has 1 aliphatic rings. The highest BCUT2D eigenvalue weighted by Crippen LogP contribution is 2.35. The predicted octanol–water partition coefficient (Wildman–Crippen LogP) is 1.38. The minimum Gasteiger partial charge on any atom is -0.496 e. The van der Waals surface area contributed by atoms with Crippen molar-refractivity contribution in [2.75, 3.05) is 7.11 Å². The number of hydrogen-bond acceptors (Lipinski definition) is 4. The molecule has 18 heavy (non-hydrogen) atoms. The quantitative estimate of drug-likeness (QED) is 0.830. The second-order valence-electron chi connectivity index (χ2n) is 5.15. The van der Waals surface area contributed by atoms with Gasteiger partial charge < -0.3 is 14.9 Å². The van der Waals surface area contributed by atoms with E-state index < -0.39 is 12.2 Å². The molecule has 1 aromatic heterocycles. The maximum Gasteiger partial charge on any atom is 0.128 e. The fourth-order valence-electron chi connectivity index (χ4n) is 2.35. The van der Waals surface area contributed by atoms with Crippen molar-refractivity contribution in [2.45, 2.75) is 45.3 Å². The maximum atomic E-state index is 10.0. The number of hydrogen-bond donors (Lipinski definition) is 2. The molecule has 100 valence electrons. The molecule has 1 aromatic rings. The molecule has 4 nitrogen and oxygen atoms in total. The Morgan fingerprint density at radius 1 is 1.39 bits per heavy atom. The van der Waals surface area contributed by atoms with Crippen molar-refractivity contribution in [3.05, 3.63) is 23.0 Å². The number of nitrogens with zero attached hydrogens (tertiary/aromatic N) is 1. The SMILES string of the molecule is COc1c(C)cnc(CC(O)C(O)C2CC2)c1C. The Morgan fingerprint density at radius 3 is 2.61 bits per heavy atom. The maximum absolute atomic E-state index is 10.0. The molecule has 0 saturated heterocycles. The van der Waals surface area contributed by atoms with Crippen LogP contribution in [0.2, 0.25) is 0 Å². The topological polar surface area (TPSA) is 62.6 Å². The van der Waals surface area contributed by atoms with Crippen LogP contribution in [0.4, 0.5) is 0 Å². The molecule has 0 amide bonds. The van der Waals surface area contributed by atoms with Crippen LogP contribution in [0.3, 0.4) is 0 Å². The van der Waals surface area contributed by atoms with Crippen LogP contribution in [-0.4, -0.2) is 34.5 Å². The van der Waals surface area contributed by atoms with E-state index in [1.54, 1.807) is 13.3 Å². The Morgan fingerprint density at radius 2 is 2.06 bits per heavy atom. The number of aliphatic hydroxyl groups is 2. The lowest BCUT2D eigenvalue weighted by atomic mass is 10.0. The number of rotatable bonds is 5. The zero-order chi connectivity index (χ0) is 13.3. The summed E-state index contributed by atoms with van der Waals surface area (Å²) in [7, 11) is 1.63. The molecule has 2 rings (SSSR count). The van der Waals surface area contributed by atoms with E-state index in [1.807, 2.05) is 13.8 Å². The molecule has 4 heteroatoms. The van der Waals surface area contributed by atoms with Crippen molar-refractivity contribution in [3.63, 3.8) is 0 Å². The molecule has 1 aliphatic carbocycles. The summed E-state index contributed by atoms with van der Waals surface area (Å²) in [6.07, 6.45) is 2.79. The van der Waals surface area contributed by atoms with Crippen molar-refractivity contribution < 1.29 is 14.9 Å². The van der Waals surface area contributed by atoms with Gasteiger partial charge in [-0.2, -0.15) is 0 Å². The first-order valence-corrected chi connectivity index (χ1v) is 6.39. The molecular weight excluding hydrogens is 230 g/mol. The Hall–Kier alpha value is -1.13. The highest BCUT2D eigenvalue weighted by molar-refractivity contribution is 5.41. The molecule has 1 heterocycles. The average Bonchev–Trinajstić information content (AvgIpc) is 3.16. The van der Waals surface area contributed by atoms with Crippen molar-refractivity contribution >= 4 is 0 Å². The molecular formula is C14H21NO3.